The molecule has 4 nitrogen and oxygen atoms in total. The summed E-state index contributed by atoms with van der Waals surface area (Å²) < 4.78 is 0. The summed E-state index contributed by atoms with van der Waals surface area (Å²) in [4.78, 5) is 11.5. The summed E-state index contributed by atoms with van der Waals surface area (Å²) >= 11 is 7.55. The van der Waals surface area contributed by atoms with Crippen molar-refractivity contribution in [3.05, 3.63) is 16.7 Å². The van der Waals surface area contributed by atoms with Crippen LogP contribution in [0.4, 0.5) is 5.82 Å². The summed E-state index contributed by atoms with van der Waals surface area (Å²) in [7, 11) is 1.98. The van der Waals surface area contributed by atoms with Crippen LogP contribution >= 0.6 is 22.9 Å². The van der Waals surface area contributed by atoms with Crippen LogP contribution in [0.3, 0.4) is 0 Å². The minimum absolute atomic E-state index is 0.114. The number of rotatable bonds is 2. The fourth-order valence-corrected chi connectivity index (χ4v) is 3.76. The monoisotopic (exact) mass is 297 g/mol. The van der Waals surface area contributed by atoms with Gasteiger partial charge in [-0.3, -0.25) is 0 Å². The summed E-state index contributed by atoms with van der Waals surface area (Å²) in [5.74, 6) is 0.821. The fourth-order valence-electron chi connectivity index (χ4n) is 2.78. The van der Waals surface area contributed by atoms with Gasteiger partial charge < -0.3 is 10.0 Å². The summed E-state index contributed by atoms with van der Waals surface area (Å²) in [5, 5.41) is 13.4. The van der Waals surface area contributed by atoms with Crippen LogP contribution in [0.1, 0.15) is 25.7 Å². The van der Waals surface area contributed by atoms with Gasteiger partial charge in [0.1, 0.15) is 10.6 Å². The summed E-state index contributed by atoms with van der Waals surface area (Å²) in [6.07, 6.45) is 3.81. The van der Waals surface area contributed by atoms with Gasteiger partial charge in [-0.05, 0) is 35.9 Å². The van der Waals surface area contributed by atoms with Gasteiger partial charge in [0.05, 0.1) is 17.5 Å². The van der Waals surface area contributed by atoms with E-state index in [0.717, 1.165) is 41.7 Å². The first-order valence-corrected chi connectivity index (χ1v) is 7.74. The number of nitrogens with zero attached hydrogens (tertiary/aromatic N) is 3. The average Bonchev–Trinajstić information content (AvgIpc) is 2.85. The molecule has 2 aromatic rings. The predicted molar refractivity (Wildman–Crippen MR) is 79.1 cm³/mol. The second-order valence-electron chi connectivity index (χ2n) is 4.99. The van der Waals surface area contributed by atoms with Crippen molar-refractivity contribution >= 4 is 39.0 Å². The van der Waals surface area contributed by atoms with E-state index in [1.165, 1.54) is 0 Å². The van der Waals surface area contributed by atoms with E-state index in [1.54, 1.807) is 11.3 Å². The van der Waals surface area contributed by atoms with Crippen LogP contribution in [0.5, 0.6) is 0 Å². The molecule has 6 heteroatoms. The summed E-state index contributed by atoms with van der Waals surface area (Å²) in [5.41, 5.74) is 0. The second kappa shape index (κ2) is 5.23. The van der Waals surface area contributed by atoms with E-state index in [1.807, 2.05) is 18.5 Å². The van der Waals surface area contributed by atoms with Gasteiger partial charge >= 0.3 is 0 Å². The predicted octanol–water partition coefficient (Wildman–Crippen LogP) is 3.08. The molecular formula is C13H16ClN3OS. The van der Waals surface area contributed by atoms with Crippen LogP contribution in [0.15, 0.2) is 11.4 Å². The van der Waals surface area contributed by atoms with E-state index in [4.69, 9.17) is 11.6 Å². The third-order valence-corrected chi connectivity index (χ3v) is 4.78. The molecule has 2 unspecified atom stereocenters. The van der Waals surface area contributed by atoms with Crippen molar-refractivity contribution in [3.8, 4) is 0 Å². The first-order chi connectivity index (χ1) is 9.16. The second-order valence-corrected chi connectivity index (χ2v) is 6.22. The molecule has 2 heterocycles. The van der Waals surface area contributed by atoms with E-state index >= 15 is 0 Å². The highest BCUT2D eigenvalue weighted by Crippen LogP contribution is 2.32. The first kappa shape index (κ1) is 13.1. The van der Waals surface area contributed by atoms with Crippen LogP contribution in [-0.4, -0.2) is 34.3 Å². The molecule has 0 bridgehead atoms. The van der Waals surface area contributed by atoms with Crippen LogP contribution in [0.2, 0.25) is 5.28 Å². The number of thiophene rings is 1. The summed E-state index contributed by atoms with van der Waals surface area (Å²) in [6, 6.07) is 2.12. The largest absolute Gasteiger partial charge is 0.391 e. The van der Waals surface area contributed by atoms with Crippen LogP contribution in [0, 0.1) is 0 Å². The lowest BCUT2D eigenvalue weighted by Gasteiger charge is -2.36. The lowest BCUT2D eigenvalue weighted by molar-refractivity contribution is 0.106. The molecule has 19 heavy (non-hydrogen) atoms. The zero-order chi connectivity index (χ0) is 13.4. The molecule has 0 aliphatic heterocycles. The van der Waals surface area contributed by atoms with Gasteiger partial charge in [-0.15, -0.1) is 11.3 Å². The maximum Gasteiger partial charge on any atom is 0.225 e. The molecular weight excluding hydrogens is 282 g/mol. The normalized spacial score (nSPS) is 23.7. The number of halogens is 1. The van der Waals surface area contributed by atoms with Crippen molar-refractivity contribution in [1.82, 2.24) is 9.97 Å². The quantitative estimate of drug-likeness (QED) is 0.866. The number of fused-ring (bicyclic) bond motifs is 1. The molecule has 1 fully saturated rings. The minimum atomic E-state index is -0.291. The Kier molecular flexibility index (Phi) is 3.60. The fraction of sp³-hybridized carbons (Fsp3) is 0.538. The molecule has 0 aromatic carbocycles. The Morgan fingerprint density at radius 3 is 2.95 bits per heavy atom. The van der Waals surface area contributed by atoms with E-state index in [2.05, 4.69) is 14.9 Å². The van der Waals surface area contributed by atoms with Gasteiger partial charge in [0.25, 0.3) is 0 Å². The number of aromatic nitrogens is 2. The van der Waals surface area contributed by atoms with E-state index in [0.29, 0.717) is 0 Å². The Hall–Kier alpha value is -0.910. The Labute approximate surface area is 121 Å². The number of hydrogen-bond donors (Lipinski definition) is 1. The highest BCUT2D eigenvalue weighted by atomic mass is 35.5. The van der Waals surface area contributed by atoms with E-state index < -0.39 is 0 Å². The molecule has 102 valence electrons. The van der Waals surface area contributed by atoms with Crippen molar-refractivity contribution in [1.29, 1.82) is 0 Å². The Morgan fingerprint density at radius 2 is 2.16 bits per heavy atom. The van der Waals surface area contributed by atoms with Crippen LogP contribution in [-0.2, 0) is 0 Å². The maximum absolute atomic E-state index is 10.2. The molecule has 1 aliphatic carbocycles. The number of likely N-dealkylation sites (N-methyl/N-ethyl adjacent to an activating group) is 1. The smallest absolute Gasteiger partial charge is 0.225 e. The molecule has 2 atom stereocenters. The topological polar surface area (TPSA) is 49.2 Å². The Balaban J connectivity index is 2.00. The van der Waals surface area contributed by atoms with E-state index in [9.17, 15) is 5.11 Å². The lowest BCUT2D eigenvalue weighted by Crippen LogP contribution is -2.43. The zero-order valence-electron chi connectivity index (χ0n) is 10.7. The van der Waals surface area contributed by atoms with Crippen molar-refractivity contribution in [2.24, 2.45) is 0 Å². The molecule has 0 radical (unpaired) electrons. The summed E-state index contributed by atoms with van der Waals surface area (Å²) in [6.45, 7) is 0. The average molecular weight is 298 g/mol. The molecule has 0 spiro atoms. The first-order valence-electron chi connectivity index (χ1n) is 6.48. The molecule has 0 saturated heterocycles. The lowest BCUT2D eigenvalue weighted by atomic mass is 9.91. The highest BCUT2D eigenvalue weighted by Gasteiger charge is 2.28. The maximum atomic E-state index is 10.2. The number of hydrogen-bond acceptors (Lipinski definition) is 5. The van der Waals surface area contributed by atoms with Crippen LogP contribution < -0.4 is 4.90 Å². The van der Waals surface area contributed by atoms with E-state index in [-0.39, 0.29) is 17.4 Å². The molecule has 1 N–H and O–H groups in total. The van der Waals surface area contributed by atoms with Crippen molar-refractivity contribution in [3.63, 3.8) is 0 Å². The third kappa shape index (κ3) is 2.42. The van der Waals surface area contributed by atoms with Crippen molar-refractivity contribution in [2.75, 3.05) is 11.9 Å². The Morgan fingerprint density at radius 1 is 1.37 bits per heavy atom. The Bertz CT molecular complexity index is 588. The van der Waals surface area contributed by atoms with Gasteiger partial charge in [-0.1, -0.05) is 12.8 Å². The van der Waals surface area contributed by atoms with Gasteiger partial charge in [-0.2, -0.15) is 4.98 Å². The number of anilines is 1. The van der Waals surface area contributed by atoms with Gasteiger partial charge in [0.15, 0.2) is 0 Å². The molecule has 1 saturated carbocycles. The minimum Gasteiger partial charge on any atom is -0.391 e. The van der Waals surface area contributed by atoms with Gasteiger partial charge in [-0.25, -0.2) is 4.98 Å². The molecule has 3 rings (SSSR count). The van der Waals surface area contributed by atoms with Gasteiger partial charge in [0, 0.05) is 7.05 Å². The van der Waals surface area contributed by atoms with Crippen LogP contribution in [0.25, 0.3) is 10.2 Å². The number of aliphatic hydroxyl groups excluding tert-OH is 1. The highest BCUT2D eigenvalue weighted by molar-refractivity contribution is 7.16. The molecule has 1 aliphatic rings. The zero-order valence-corrected chi connectivity index (χ0v) is 12.3. The van der Waals surface area contributed by atoms with Gasteiger partial charge in [0.2, 0.25) is 5.28 Å². The van der Waals surface area contributed by atoms with Crippen molar-refractivity contribution < 1.29 is 5.11 Å². The molecule has 2 aromatic heterocycles. The third-order valence-electron chi connectivity index (χ3n) is 3.80. The SMILES string of the molecule is CN(c1nc(Cl)nc2sccc12)C1CCCCC1O. The number of aliphatic hydroxyl groups is 1. The molecule has 0 amide bonds. The standard InChI is InChI=1S/C13H16ClN3OS/c1-17(9-4-2-3-5-10(9)18)11-8-6-7-19-12(8)16-13(14)15-11/h6-7,9-10,18H,2-5H2,1H3. The van der Waals surface area contributed by atoms with Crippen molar-refractivity contribution in [2.45, 2.75) is 37.8 Å².